The zero-order chi connectivity index (χ0) is 20.7. The van der Waals surface area contributed by atoms with Crippen LogP contribution in [0.5, 0.6) is 0 Å². The van der Waals surface area contributed by atoms with E-state index in [0.717, 1.165) is 0 Å². The lowest BCUT2D eigenvalue weighted by atomic mass is 9.80. The molecule has 0 heterocycles. The van der Waals surface area contributed by atoms with Crippen LogP contribution in [-0.4, -0.2) is 24.1 Å². The van der Waals surface area contributed by atoms with Gasteiger partial charge in [0.15, 0.2) is 0 Å². The van der Waals surface area contributed by atoms with E-state index in [1.54, 1.807) is 24.3 Å². The molecule has 4 unspecified atom stereocenters. The third-order valence-corrected chi connectivity index (χ3v) is 5.74. The highest BCUT2D eigenvalue weighted by molar-refractivity contribution is 5.89. The Labute approximate surface area is 167 Å². The van der Waals surface area contributed by atoms with Gasteiger partial charge in [0.05, 0.1) is 11.1 Å². The number of hydrogen-bond donors (Lipinski definition) is 0. The van der Waals surface area contributed by atoms with Crippen molar-refractivity contribution in [1.82, 2.24) is 0 Å². The minimum absolute atomic E-state index is 0.112. The molecule has 0 N–H and O–H groups in total. The van der Waals surface area contributed by atoms with Gasteiger partial charge in [-0.25, -0.2) is 9.59 Å². The van der Waals surface area contributed by atoms with Crippen LogP contribution in [0.15, 0.2) is 60.7 Å². The van der Waals surface area contributed by atoms with Crippen molar-refractivity contribution in [3.63, 3.8) is 0 Å². The molecule has 0 aromatic heterocycles. The summed E-state index contributed by atoms with van der Waals surface area (Å²) in [6.07, 6.45) is -0.496. The fraction of sp³-hybridized carbons (Fsp3) is 0.417. The summed E-state index contributed by atoms with van der Waals surface area (Å²) in [7, 11) is 0. The lowest BCUT2D eigenvalue weighted by Gasteiger charge is -2.33. The van der Waals surface area contributed by atoms with Gasteiger partial charge in [0, 0.05) is 0 Å². The number of carbonyl (C=O) groups is 2. The van der Waals surface area contributed by atoms with Crippen LogP contribution in [0.1, 0.15) is 55.3 Å². The zero-order valence-electron chi connectivity index (χ0n) is 17.3. The molecule has 2 aromatic rings. The van der Waals surface area contributed by atoms with Crippen LogP contribution in [0.2, 0.25) is 0 Å². The first-order valence-electron chi connectivity index (χ1n) is 9.83. The zero-order valence-corrected chi connectivity index (χ0v) is 17.3. The predicted octanol–water partition coefficient (Wildman–Crippen LogP) is 5.39. The van der Waals surface area contributed by atoms with E-state index in [1.165, 1.54) is 0 Å². The van der Waals surface area contributed by atoms with Crippen LogP contribution in [-0.2, 0) is 9.47 Å². The molecule has 150 valence electrons. The molecule has 0 bridgehead atoms. The van der Waals surface area contributed by atoms with Crippen molar-refractivity contribution in [2.45, 2.75) is 46.8 Å². The third kappa shape index (κ3) is 5.69. The van der Waals surface area contributed by atoms with Gasteiger partial charge < -0.3 is 9.47 Å². The van der Waals surface area contributed by atoms with Gasteiger partial charge in [0.2, 0.25) is 0 Å². The lowest BCUT2D eigenvalue weighted by molar-refractivity contribution is -0.0109. The van der Waals surface area contributed by atoms with Gasteiger partial charge >= 0.3 is 11.9 Å². The average molecular weight is 383 g/mol. The summed E-state index contributed by atoms with van der Waals surface area (Å²) >= 11 is 0. The summed E-state index contributed by atoms with van der Waals surface area (Å²) in [5.41, 5.74) is 1.10. The molecular weight excluding hydrogens is 352 g/mol. The second kappa shape index (κ2) is 10.1. The Balaban J connectivity index is 1.92. The van der Waals surface area contributed by atoms with Gasteiger partial charge in [0.25, 0.3) is 0 Å². The molecule has 0 fully saturated rings. The Kier molecular flexibility index (Phi) is 7.80. The minimum atomic E-state index is -0.316. The van der Waals surface area contributed by atoms with Crippen LogP contribution < -0.4 is 0 Å². The Morgan fingerprint density at radius 1 is 0.571 bits per heavy atom. The SMILES string of the molecule is CC(OC(=O)c1ccccc1)C(C)C(C)C(C)C(C)OC(=O)c1ccccc1. The van der Waals surface area contributed by atoms with Crippen molar-refractivity contribution in [3.8, 4) is 0 Å². The number of esters is 2. The fourth-order valence-corrected chi connectivity index (χ4v) is 3.17. The minimum Gasteiger partial charge on any atom is -0.459 e. The Bertz CT molecular complexity index is 691. The van der Waals surface area contributed by atoms with Crippen molar-refractivity contribution < 1.29 is 19.1 Å². The second-order valence-corrected chi connectivity index (χ2v) is 7.53. The molecule has 4 heteroatoms. The molecule has 0 spiro atoms. The van der Waals surface area contributed by atoms with E-state index in [4.69, 9.17) is 9.47 Å². The first-order valence-corrected chi connectivity index (χ1v) is 9.83. The molecule has 0 aliphatic carbocycles. The highest BCUT2D eigenvalue weighted by Crippen LogP contribution is 2.29. The Hall–Kier alpha value is -2.62. The Morgan fingerprint density at radius 2 is 0.893 bits per heavy atom. The number of carbonyl (C=O) groups excluding carboxylic acids is 2. The molecule has 0 radical (unpaired) electrons. The van der Waals surface area contributed by atoms with Crippen molar-refractivity contribution in [2.75, 3.05) is 0 Å². The summed E-state index contributed by atoms with van der Waals surface area (Å²) in [5.74, 6) is -0.218. The maximum absolute atomic E-state index is 12.3. The smallest absolute Gasteiger partial charge is 0.338 e. The highest BCUT2D eigenvalue weighted by Gasteiger charge is 2.31. The van der Waals surface area contributed by atoms with E-state index < -0.39 is 0 Å². The van der Waals surface area contributed by atoms with E-state index in [1.807, 2.05) is 50.2 Å². The molecular formula is C24H30O4. The topological polar surface area (TPSA) is 52.6 Å². The first kappa shape index (κ1) is 21.7. The molecule has 0 amide bonds. The van der Waals surface area contributed by atoms with Gasteiger partial charge in [-0.3, -0.25) is 0 Å². The van der Waals surface area contributed by atoms with Gasteiger partial charge in [0.1, 0.15) is 12.2 Å². The van der Waals surface area contributed by atoms with E-state index in [2.05, 4.69) is 20.8 Å². The molecule has 0 aliphatic heterocycles. The van der Waals surface area contributed by atoms with E-state index >= 15 is 0 Å². The maximum Gasteiger partial charge on any atom is 0.338 e. The Morgan fingerprint density at radius 3 is 1.21 bits per heavy atom. The van der Waals surface area contributed by atoms with Crippen molar-refractivity contribution in [2.24, 2.45) is 17.8 Å². The molecule has 0 saturated heterocycles. The summed E-state index contributed by atoms with van der Waals surface area (Å²) in [5, 5.41) is 0. The number of hydrogen-bond acceptors (Lipinski definition) is 4. The van der Waals surface area contributed by atoms with Crippen LogP contribution >= 0.6 is 0 Å². The highest BCUT2D eigenvalue weighted by atomic mass is 16.5. The van der Waals surface area contributed by atoms with Gasteiger partial charge in [-0.1, -0.05) is 57.2 Å². The summed E-state index contributed by atoms with van der Waals surface area (Å²) < 4.78 is 11.3. The molecule has 2 aromatic carbocycles. The normalized spacial score (nSPS) is 16.3. The van der Waals surface area contributed by atoms with Crippen LogP contribution in [0.25, 0.3) is 0 Å². The molecule has 4 nitrogen and oxygen atoms in total. The number of ether oxygens (including phenoxy) is 2. The van der Waals surface area contributed by atoms with Gasteiger partial charge in [-0.05, 0) is 55.9 Å². The molecule has 0 saturated carbocycles. The molecule has 0 aliphatic rings. The maximum atomic E-state index is 12.3. The lowest BCUT2D eigenvalue weighted by Crippen LogP contribution is -2.35. The van der Waals surface area contributed by atoms with Crippen LogP contribution in [0.4, 0.5) is 0 Å². The standard InChI is InChI=1S/C24H30O4/c1-16(17(2)19(4)27-23(25)21-12-8-6-9-13-21)18(3)20(5)28-24(26)22-14-10-7-11-15-22/h6-20H,1-5H3. The number of rotatable bonds is 8. The molecule has 4 atom stereocenters. The second-order valence-electron chi connectivity index (χ2n) is 7.53. The molecule has 2 rings (SSSR count). The summed E-state index contributed by atoms with van der Waals surface area (Å²) in [6.45, 7) is 10.1. The van der Waals surface area contributed by atoms with E-state index in [0.29, 0.717) is 11.1 Å². The van der Waals surface area contributed by atoms with Crippen LogP contribution in [0, 0.1) is 17.8 Å². The average Bonchev–Trinajstić information content (AvgIpc) is 2.73. The number of benzene rings is 2. The summed E-state index contributed by atoms with van der Waals surface area (Å²) in [4.78, 5) is 24.6. The van der Waals surface area contributed by atoms with Crippen molar-refractivity contribution in [1.29, 1.82) is 0 Å². The fourth-order valence-electron chi connectivity index (χ4n) is 3.17. The largest absolute Gasteiger partial charge is 0.459 e. The summed E-state index contributed by atoms with van der Waals surface area (Å²) in [6, 6.07) is 18.0. The van der Waals surface area contributed by atoms with Gasteiger partial charge in [-0.2, -0.15) is 0 Å². The third-order valence-electron chi connectivity index (χ3n) is 5.74. The van der Waals surface area contributed by atoms with Crippen molar-refractivity contribution >= 4 is 11.9 Å². The van der Waals surface area contributed by atoms with Crippen LogP contribution in [0.3, 0.4) is 0 Å². The predicted molar refractivity (Wildman–Crippen MR) is 110 cm³/mol. The quantitative estimate of drug-likeness (QED) is 0.575. The molecule has 28 heavy (non-hydrogen) atoms. The van der Waals surface area contributed by atoms with E-state index in [9.17, 15) is 9.59 Å². The van der Waals surface area contributed by atoms with Crippen molar-refractivity contribution in [3.05, 3.63) is 71.8 Å². The monoisotopic (exact) mass is 382 g/mol. The van der Waals surface area contributed by atoms with Gasteiger partial charge in [-0.15, -0.1) is 0 Å². The first-order chi connectivity index (χ1) is 13.3. The van der Waals surface area contributed by atoms with E-state index in [-0.39, 0.29) is 41.9 Å².